The number of aryl methyl sites for hydroxylation is 2. The molecule has 0 unspecified atom stereocenters. The molecular formula is C19H16F4N4S. The number of halogens is 4. The molecule has 0 amide bonds. The molecule has 1 aromatic heterocycles. The summed E-state index contributed by atoms with van der Waals surface area (Å²) in [6.07, 6.45) is 2.84. The van der Waals surface area contributed by atoms with Crippen LogP contribution in [0, 0.1) is 37.1 Å². The van der Waals surface area contributed by atoms with E-state index in [4.69, 9.17) is 12.2 Å². The van der Waals surface area contributed by atoms with Gasteiger partial charge in [-0.15, -0.1) is 0 Å². The Bertz CT molecular complexity index is 1050. The van der Waals surface area contributed by atoms with Crippen molar-refractivity contribution in [3.63, 3.8) is 0 Å². The molecule has 0 fully saturated rings. The summed E-state index contributed by atoms with van der Waals surface area (Å²) in [5.41, 5.74) is 2.82. The minimum atomic E-state index is -1.72. The number of anilines is 2. The van der Waals surface area contributed by atoms with Gasteiger partial charge < -0.3 is 10.6 Å². The lowest BCUT2D eigenvalue weighted by Gasteiger charge is -2.12. The summed E-state index contributed by atoms with van der Waals surface area (Å²) in [5, 5.41) is 10.2. The van der Waals surface area contributed by atoms with E-state index in [9.17, 15) is 17.6 Å². The predicted molar refractivity (Wildman–Crippen MR) is 103 cm³/mol. The first-order valence-corrected chi connectivity index (χ1v) is 8.65. The average molecular weight is 408 g/mol. The minimum Gasteiger partial charge on any atom is -0.332 e. The van der Waals surface area contributed by atoms with E-state index >= 15 is 0 Å². The second-order valence-corrected chi connectivity index (χ2v) is 6.68. The van der Waals surface area contributed by atoms with E-state index in [1.54, 1.807) is 0 Å². The highest BCUT2D eigenvalue weighted by atomic mass is 32.1. The molecule has 0 spiro atoms. The Morgan fingerprint density at radius 3 is 2.50 bits per heavy atom. The molecule has 28 heavy (non-hydrogen) atoms. The highest BCUT2D eigenvalue weighted by Crippen LogP contribution is 2.21. The van der Waals surface area contributed by atoms with E-state index in [1.165, 1.54) is 17.1 Å². The molecule has 0 radical (unpaired) electrons. The molecule has 0 aliphatic heterocycles. The van der Waals surface area contributed by atoms with Gasteiger partial charge in [-0.05, 0) is 37.7 Å². The smallest absolute Gasteiger partial charge is 0.194 e. The van der Waals surface area contributed by atoms with Crippen molar-refractivity contribution >= 4 is 28.7 Å². The standard InChI is InChI=1S/C19H16F4N4S/c1-10-3-4-16(11(2)5-10)26-19(28)25-12-7-24-27(8-12)9-13-14(20)6-15(21)18(23)17(13)22/h3-8H,9H2,1-2H3,(H2,25,26,28). The summed E-state index contributed by atoms with van der Waals surface area (Å²) in [6.45, 7) is 3.52. The van der Waals surface area contributed by atoms with Gasteiger partial charge in [-0.2, -0.15) is 5.10 Å². The number of nitrogens with zero attached hydrogens (tertiary/aromatic N) is 2. The Labute approximate surface area is 164 Å². The van der Waals surface area contributed by atoms with Crippen molar-refractivity contribution in [1.29, 1.82) is 0 Å². The van der Waals surface area contributed by atoms with Crippen molar-refractivity contribution in [3.8, 4) is 0 Å². The molecule has 9 heteroatoms. The van der Waals surface area contributed by atoms with Crippen LogP contribution in [0.25, 0.3) is 0 Å². The summed E-state index contributed by atoms with van der Waals surface area (Å²) in [7, 11) is 0. The maximum absolute atomic E-state index is 13.8. The van der Waals surface area contributed by atoms with Crippen molar-refractivity contribution in [2.24, 2.45) is 0 Å². The van der Waals surface area contributed by atoms with Crippen LogP contribution < -0.4 is 10.6 Å². The highest BCUT2D eigenvalue weighted by molar-refractivity contribution is 7.80. The summed E-state index contributed by atoms with van der Waals surface area (Å²) in [5.74, 6) is -6.06. The predicted octanol–water partition coefficient (Wildman–Crippen LogP) is 4.91. The third kappa shape index (κ3) is 4.30. The largest absolute Gasteiger partial charge is 0.332 e. The van der Waals surface area contributed by atoms with E-state index in [-0.39, 0.29) is 0 Å². The second kappa shape index (κ2) is 7.97. The molecule has 2 aromatic carbocycles. The van der Waals surface area contributed by atoms with Gasteiger partial charge in [-0.25, -0.2) is 17.6 Å². The van der Waals surface area contributed by atoms with Gasteiger partial charge in [0.1, 0.15) is 5.82 Å². The van der Waals surface area contributed by atoms with Crippen LogP contribution in [0.1, 0.15) is 16.7 Å². The van der Waals surface area contributed by atoms with Gasteiger partial charge in [-0.1, -0.05) is 17.7 Å². The monoisotopic (exact) mass is 408 g/mol. The third-order valence-electron chi connectivity index (χ3n) is 4.05. The van der Waals surface area contributed by atoms with Gasteiger partial charge in [0.05, 0.1) is 18.4 Å². The number of benzene rings is 2. The number of nitrogens with one attached hydrogen (secondary N) is 2. The van der Waals surface area contributed by atoms with Crippen LogP contribution in [0.5, 0.6) is 0 Å². The fourth-order valence-electron chi connectivity index (χ4n) is 2.66. The molecule has 3 aromatic rings. The Balaban J connectivity index is 1.69. The molecule has 0 aliphatic carbocycles. The fraction of sp³-hybridized carbons (Fsp3) is 0.158. The highest BCUT2D eigenvalue weighted by Gasteiger charge is 2.19. The van der Waals surface area contributed by atoms with Crippen molar-refractivity contribution in [1.82, 2.24) is 9.78 Å². The Morgan fingerprint density at radius 2 is 1.79 bits per heavy atom. The first kappa shape index (κ1) is 19.8. The Morgan fingerprint density at radius 1 is 1.04 bits per heavy atom. The second-order valence-electron chi connectivity index (χ2n) is 6.27. The topological polar surface area (TPSA) is 41.9 Å². The Hall–Kier alpha value is -2.94. The summed E-state index contributed by atoms with van der Waals surface area (Å²) in [6, 6.07) is 6.16. The Kier molecular flexibility index (Phi) is 5.64. The first-order valence-electron chi connectivity index (χ1n) is 8.24. The molecule has 3 rings (SSSR count). The quantitative estimate of drug-likeness (QED) is 0.279. The van der Waals surface area contributed by atoms with Gasteiger partial charge in [0.15, 0.2) is 22.6 Å². The zero-order chi connectivity index (χ0) is 20.4. The van der Waals surface area contributed by atoms with Crippen LogP contribution in [0.15, 0.2) is 36.7 Å². The lowest BCUT2D eigenvalue weighted by Crippen LogP contribution is -2.19. The van der Waals surface area contributed by atoms with Gasteiger partial charge >= 0.3 is 0 Å². The molecule has 0 aliphatic rings. The van der Waals surface area contributed by atoms with Crippen LogP contribution in [0.4, 0.5) is 28.9 Å². The van der Waals surface area contributed by atoms with Crippen molar-refractivity contribution < 1.29 is 17.6 Å². The van der Waals surface area contributed by atoms with Crippen LogP contribution in [0.2, 0.25) is 0 Å². The van der Waals surface area contributed by atoms with Gasteiger partial charge in [0, 0.05) is 23.5 Å². The fourth-order valence-corrected chi connectivity index (χ4v) is 2.89. The average Bonchev–Trinajstić information content (AvgIpc) is 3.06. The normalized spacial score (nSPS) is 10.8. The zero-order valence-corrected chi connectivity index (χ0v) is 15.8. The molecule has 0 atom stereocenters. The first-order chi connectivity index (χ1) is 13.2. The summed E-state index contributed by atoms with van der Waals surface area (Å²) >= 11 is 5.25. The number of rotatable bonds is 4. The van der Waals surface area contributed by atoms with Crippen molar-refractivity contribution in [2.75, 3.05) is 10.6 Å². The molecule has 0 saturated heterocycles. The van der Waals surface area contributed by atoms with Gasteiger partial charge in [-0.3, -0.25) is 4.68 Å². The van der Waals surface area contributed by atoms with Crippen molar-refractivity contribution in [3.05, 3.63) is 76.6 Å². The molecular weight excluding hydrogens is 392 g/mol. The molecule has 2 N–H and O–H groups in total. The molecule has 4 nitrogen and oxygen atoms in total. The van der Waals surface area contributed by atoms with Crippen LogP contribution in [-0.2, 0) is 6.54 Å². The van der Waals surface area contributed by atoms with Gasteiger partial charge in [0.25, 0.3) is 0 Å². The number of hydrogen-bond donors (Lipinski definition) is 2. The lowest BCUT2D eigenvalue weighted by molar-refractivity contribution is 0.420. The van der Waals surface area contributed by atoms with Gasteiger partial charge in [0.2, 0.25) is 0 Å². The lowest BCUT2D eigenvalue weighted by atomic mass is 10.1. The van der Waals surface area contributed by atoms with E-state index in [1.807, 2.05) is 32.0 Å². The van der Waals surface area contributed by atoms with E-state index in [2.05, 4.69) is 15.7 Å². The van der Waals surface area contributed by atoms with E-state index in [0.29, 0.717) is 16.9 Å². The van der Waals surface area contributed by atoms with E-state index < -0.39 is 35.4 Å². The molecule has 0 bridgehead atoms. The van der Waals surface area contributed by atoms with Crippen molar-refractivity contribution in [2.45, 2.75) is 20.4 Å². The van der Waals surface area contributed by atoms with E-state index in [0.717, 1.165) is 16.8 Å². The summed E-state index contributed by atoms with van der Waals surface area (Å²) < 4.78 is 55.1. The minimum absolute atomic E-state index is 0.302. The zero-order valence-electron chi connectivity index (χ0n) is 15.0. The number of thiocarbonyl (C=S) groups is 1. The maximum atomic E-state index is 13.8. The summed E-state index contributed by atoms with van der Waals surface area (Å²) in [4.78, 5) is 0. The molecule has 0 saturated carbocycles. The number of hydrogen-bond acceptors (Lipinski definition) is 2. The third-order valence-corrected chi connectivity index (χ3v) is 4.25. The van der Waals surface area contributed by atoms with Crippen LogP contribution >= 0.6 is 12.2 Å². The maximum Gasteiger partial charge on any atom is 0.194 e. The van der Waals surface area contributed by atoms with Crippen LogP contribution in [0.3, 0.4) is 0 Å². The molecule has 1 heterocycles. The number of aromatic nitrogens is 2. The molecule has 146 valence electrons. The van der Waals surface area contributed by atoms with Crippen LogP contribution in [-0.4, -0.2) is 14.9 Å². The SMILES string of the molecule is Cc1ccc(NC(=S)Nc2cnn(Cc3c(F)cc(F)c(F)c3F)c2)c(C)c1.